The van der Waals surface area contributed by atoms with Crippen LogP contribution >= 0.6 is 35.0 Å². The number of carbonyl (C=O) groups excluding carboxylic acids is 3. The maximum absolute atomic E-state index is 13.2. The van der Waals surface area contributed by atoms with Crippen molar-refractivity contribution < 1.29 is 24.3 Å². The molecule has 212 valence electrons. The molecule has 0 spiro atoms. The minimum Gasteiger partial charge on any atom is -0.478 e. The molecule has 4 aromatic carbocycles. The summed E-state index contributed by atoms with van der Waals surface area (Å²) in [5.74, 6) is -2.44. The van der Waals surface area contributed by atoms with Gasteiger partial charge >= 0.3 is 5.97 Å². The molecule has 11 heteroatoms. The molecular weight excluding hydrogens is 597 g/mol. The molecule has 42 heavy (non-hydrogen) atoms. The van der Waals surface area contributed by atoms with Crippen LogP contribution in [0.25, 0.3) is 6.08 Å². The number of hydrogen-bond donors (Lipinski definition) is 4. The van der Waals surface area contributed by atoms with E-state index >= 15 is 0 Å². The third-order valence-electron chi connectivity index (χ3n) is 5.65. The van der Waals surface area contributed by atoms with E-state index < -0.39 is 17.8 Å². The quantitative estimate of drug-likeness (QED) is 0.114. The van der Waals surface area contributed by atoms with Gasteiger partial charge in [0.05, 0.1) is 16.3 Å². The topological polar surface area (TPSA) is 125 Å². The number of hydrogen-bond acceptors (Lipinski definition) is 5. The zero-order valence-electron chi connectivity index (χ0n) is 21.8. The molecule has 4 N–H and O–H groups in total. The molecule has 0 aliphatic carbocycles. The predicted molar refractivity (Wildman–Crippen MR) is 166 cm³/mol. The van der Waals surface area contributed by atoms with Crippen LogP contribution in [-0.2, 0) is 9.59 Å². The fourth-order valence-corrected chi connectivity index (χ4v) is 4.75. The van der Waals surface area contributed by atoms with Crippen molar-refractivity contribution in [3.05, 3.63) is 129 Å². The van der Waals surface area contributed by atoms with Gasteiger partial charge in [0.2, 0.25) is 5.91 Å². The molecule has 0 saturated carbocycles. The van der Waals surface area contributed by atoms with Crippen molar-refractivity contribution in [3.63, 3.8) is 0 Å². The van der Waals surface area contributed by atoms with Crippen LogP contribution in [-0.4, -0.2) is 34.6 Å². The Labute approximate surface area is 255 Å². The number of benzene rings is 4. The van der Waals surface area contributed by atoms with E-state index in [4.69, 9.17) is 23.2 Å². The molecule has 0 aliphatic heterocycles. The van der Waals surface area contributed by atoms with Crippen molar-refractivity contribution in [2.45, 2.75) is 4.90 Å². The summed E-state index contributed by atoms with van der Waals surface area (Å²) in [6, 6.07) is 26.4. The van der Waals surface area contributed by atoms with Gasteiger partial charge in [-0.1, -0.05) is 53.5 Å². The Bertz CT molecular complexity index is 1660. The first-order valence-electron chi connectivity index (χ1n) is 12.4. The molecular formula is C31H23Cl2N3O5S. The number of nitrogens with one attached hydrogen (secondary N) is 3. The Morgan fingerprint density at radius 2 is 1.50 bits per heavy atom. The van der Waals surface area contributed by atoms with Gasteiger partial charge in [0, 0.05) is 26.9 Å². The lowest BCUT2D eigenvalue weighted by molar-refractivity contribution is -0.114. The second-order valence-electron chi connectivity index (χ2n) is 8.75. The average Bonchev–Trinajstić information content (AvgIpc) is 2.97. The number of aromatic carboxylic acids is 1. The van der Waals surface area contributed by atoms with Crippen LogP contribution in [0.4, 0.5) is 11.4 Å². The monoisotopic (exact) mass is 619 g/mol. The highest BCUT2D eigenvalue weighted by atomic mass is 35.5. The van der Waals surface area contributed by atoms with Gasteiger partial charge in [0.1, 0.15) is 5.70 Å². The maximum Gasteiger partial charge on any atom is 0.337 e. The molecule has 3 amide bonds. The fraction of sp³-hybridized carbons (Fsp3) is 0.0323. The van der Waals surface area contributed by atoms with Gasteiger partial charge < -0.3 is 21.1 Å². The molecule has 8 nitrogen and oxygen atoms in total. The van der Waals surface area contributed by atoms with Crippen molar-refractivity contribution in [1.82, 2.24) is 5.32 Å². The molecule has 0 bridgehead atoms. The smallest absolute Gasteiger partial charge is 0.337 e. The largest absolute Gasteiger partial charge is 0.478 e. The highest BCUT2D eigenvalue weighted by Crippen LogP contribution is 2.23. The predicted octanol–water partition coefficient (Wildman–Crippen LogP) is 6.83. The van der Waals surface area contributed by atoms with Crippen LogP contribution in [0.5, 0.6) is 0 Å². The summed E-state index contributed by atoms with van der Waals surface area (Å²) in [4.78, 5) is 50.4. The second kappa shape index (κ2) is 14.4. The Balaban J connectivity index is 1.39. The van der Waals surface area contributed by atoms with Crippen molar-refractivity contribution in [2.24, 2.45) is 0 Å². The zero-order valence-corrected chi connectivity index (χ0v) is 24.1. The maximum atomic E-state index is 13.2. The van der Waals surface area contributed by atoms with E-state index in [1.165, 1.54) is 36.0 Å². The molecule has 4 aromatic rings. The highest BCUT2D eigenvalue weighted by Gasteiger charge is 2.16. The van der Waals surface area contributed by atoms with Crippen LogP contribution in [0, 0.1) is 0 Å². The summed E-state index contributed by atoms with van der Waals surface area (Å²) < 4.78 is 0. The van der Waals surface area contributed by atoms with Gasteiger partial charge in [-0.05, 0) is 78.4 Å². The zero-order chi connectivity index (χ0) is 30.1. The molecule has 0 unspecified atom stereocenters. The van der Waals surface area contributed by atoms with Crippen molar-refractivity contribution in [3.8, 4) is 0 Å². The van der Waals surface area contributed by atoms with E-state index in [-0.39, 0.29) is 27.9 Å². The molecule has 4 rings (SSSR count). The Morgan fingerprint density at radius 3 is 2.19 bits per heavy atom. The normalized spacial score (nSPS) is 11.0. The molecule has 0 aliphatic rings. The highest BCUT2D eigenvalue weighted by molar-refractivity contribution is 8.00. The summed E-state index contributed by atoms with van der Waals surface area (Å²) in [5.41, 5.74) is 1.73. The van der Waals surface area contributed by atoms with Crippen molar-refractivity contribution >= 4 is 76.1 Å². The van der Waals surface area contributed by atoms with Gasteiger partial charge in [0.15, 0.2) is 0 Å². The lowest BCUT2D eigenvalue weighted by atomic mass is 10.1. The molecule has 0 heterocycles. The number of carboxylic acid groups (broad SMARTS) is 1. The van der Waals surface area contributed by atoms with E-state index in [0.29, 0.717) is 27.5 Å². The van der Waals surface area contributed by atoms with E-state index in [1.807, 2.05) is 0 Å². The summed E-state index contributed by atoms with van der Waals surface area (Å²) in [6.45, 7) is 0. The molecule has 0 aromatic heterocycles. The minimum atomic E-state index is -1.19. The van der Waals surface area contributed by atoms with E-state index in [1.54, 1.807) is 78.9 Å². The summed E-state index contributed by atoms with van der Waals surface area (Å²) in [7, 11) is 0. The number of amides is 3. The van der Waals surface area contributed by atoms with Crippen molar-refractivity contribution in [1.29, 1.82) is 0 Å². The average molecular weight is 621 g/mol. The molecule has 0 fully saturated rings. The number of thioether (sulfide) groups is 1. The van der Waals surface area contributed by atoms with E-state index in [9.17, 15) is 24.3 Å². The molecule has 0 radical (unpaired) electrons. The minimum absolute atomic E-state index is 0.0227. The number of rotatable bonds is 10. The van der Waals surface area contributed by atoms with E-state index in [2.05, 4.69) is 16.0 Å². The van der Waals surface area contributed by atoms with Gasteiger partial charge in [-0.3, -0.25) is 14.4 Å². The number of anilines is 2. The van der Waals surface area contributed by atoms with E-state index in [0.717, 1.165) is 4.90 Å². The van der Waals surface area contributed by atoms with Crippen LogP contribution in [0.3, 0.4) is 0 Å². The third-order valence-corrected chi connectivity index (χ3v) is 7.23. The number of carbonyl (C=O) groups is 4. The van der Waals surface area contributed by atoms with Crippen LogP contribution < -0.4 is 16.0 Å². The SMILES string of the molecule is O=C(CSc1ccc(NC(=O)/C(=C/c2cccc(Cl)c2)NC(=O)c2ccccc2)cc1)Nc1ccc(Cl)c(C(=O)O)c1. The summed E-state index contributed by atoms with van der Waals surface area (Å²) in [6.07, 6.45) is 1.53. The first-order valence-corrected chi connectivity index (χ1v) is 14.1. The van der Waals surface area contributed by atoms with Crippen LogP contribution in [0.15, 0.2) is 108 Å². The van der Waals surface area contributed by atoms with Gasteiger partial charge in [-0.2, -0.15) is 0 Å². The van der Waals surface area contributed by atoms with Gasteiger partial charge in [-0.15, -0.1) is 11.8 Å². The molecule has 0 saturated heterocycles. The standard InChI is InChI=1S/C31H23Cl2N3O5S/c32-21-8-4-5-19(15-21)16-27(36-29(38)20-6-2-1-3-7-20)30(39)35-22-9-12-24(13-10-22)42-18-28(37)34-23-11-14-26(33)25(17-23)31(40)41/h1-17H,18H2,(H,34,37)(H,35,39)(H,36,38)(H,40,41)/b27-16-. The van der Waals surface area contributed by atoms with Crippen LogP contribution in [0.2, 0.25) is 10.0 Å². The summed E-state index contributed by atoms with van der Waals surface area (Å²) in [5, 5.41) is 17.9. The Kier molecular flexibility index (Phi) is 10.4. The third kappa shape index (κ3) is 8.71. The first-order chi connectivity index (χ1) is 20.2. The second-order valence-corrected chi connectivity index (χ2v) is 10.6. The lowest BCUT2D eigenvalue weighted by Gasteiger charge is -2.12. The summed E-state index contributed by atoms with van der Waals surface area (Å²) >= 11 is 13.2. The van der Waals surface area contributed by atoms with Crippen LogP contribution in [0.1, 0.15) is 26.3 Å². The van der Waals surface area contributed by atoms with Gasteiger partial charge in [0.25, 0.3) is 11.8 Å². The number of halogens is 2. The Morgan fingerprint density at radius 1 is 0.786 bits per heavy atom. The van der Waals surface area contributed by atoms with Crippen molar-refractivity contribution in [2.75, 3.05) is 16.4 Å². The fourth-order valence-electron chi connectivity index (χ4n) is 3.65. The first kappa shape index (κ1) is 30.4. The lowest BCUT2D eigenvalue weighted by Crippen LogP contribution is -2.30. The van der Waals surface area contributed by atoms with Gasteiger partial charge in [-0.25, -0.2) is 4.79 Å². The number of carboxylic acids is 1. The molecule has 0 atom stereocenters. The Hall–Kier alpha value is -4.57.